The Hall–Kier alpha value is -2.22. The molecule has 1 atom stereocenters. The van der Waals surface area contributed by atoms with Gasteiger partial charge in [0.15, 0.2) is 0 Å². The molecule has 4 rings (SSSR count). The second-order valence-corrected chi connectivity index (χ2v) is 8.44. The van der Waals surface area contributed by atoms with Gasteiger partial charge in [-0.1, -0.05) is 44.8 Å². The van der Waals surface area contributed by atoms with Crippen LogP contribution < -0.4 is 5.32 Å². The number of aromatic nitrogens is 2. The Bertz CT molecular complexity index is 992. The van der Waals surface area contributed by atoms with Crippen LogP contribution in [-0.2, 0) is 11.3 Å². The number of carbonyl (C=O) groups excluding carboxylic acids is 1. The van der Waals surface area contributed by atoms with Crippen molar-refractivity contribution in [2.75, 3.05) is 18.4 Å². The van der Waals surface area contributed by atoms with Gasteiger partial charge in [-0.2, -0.15) is 4.98 Å². The van der Waals surface area contributed by atoms with Gasteiger partial charge in [0, 0.05) is 27.3 Å². The van der Waals surface area contributed by atoms with Gasteiger partial charge in [-0.15, -0.1) is 0 Å². The number of anilines is 1. The molecule has 0 saturated carbocycles. The van der Waals surface area contributed by atoms with Crippen LogP contribution in [0.1, 0.15) is 18.7 Å². The van der Waals surface area contributed by atoms with E-state index in [0.717, 1.165) is 35.1 Å². The number of amides is 1. The molecule has 2 aromatic carbocycles. The average Bonchev–Trinajstić information content (AvgIpc) is 3.18. The maximum Gasteiger partial charge on any atom is 0.241 e. The van der Waals surface area contributed by atoms with Crippen LogP contribution in [-0.4, -0.2) is 34.0 Å². The summed E-state index contributed by atoms with van der Waals surface area (Å²) in [6.07, 6.45) is 1.82. The third-order valence-corrected chi connectivity index (χ3v) is 5.66. The summed E-state index contributed by atoms with van der Waals surface area (Å²) < 4.78 is 6.40. The molecule has 3 aromatic rings. The van der Waals surface area contributed by atoms with Gasteiger partial charge in [0.25, 0.3) is 0 Å². The van der Waals surface area contributed by atoms with E-state index in [2.05, 4.69) is 36.3 Å². The van der Waals surface area contributed by atoms with Crippen LogP contribution in [0, 0.1) is 5.92 Å². The molecule has 1 N–H and O–H groups in total. The van der Waals surface area contributed by atoms with Crippen LogP contribution in [0.25, 0.3) is 11.4 Å². The van der Waals surface area contributed by atoms with Crippen molar-refractivity contribution in [3.8, 4) is 11.4 Å². The van der Waals surface area contributed by atoms with Crippen LogP contribution >= 0.6 is 27.5 Å². The first-order chi connectivity index (χ1) is 14.1. The Labute approximate surface area is 182 Å². The fourth-order valence-electron chi connectivity index (χ4n) is 3.45. The van der Waals surface area contributed by atoms with Crippen LogP contribution in [0.3, 0.4) is 0 Å². The molecule has 0 radical (unpaired) electrons. The maximum absolute atomic E-state index is 12.7. The lowest BCUT2D eigenvalue weighted by Crippen LogP contribution is -2.40. The number of halogens is 2. The lowest BCUT2D eigenvalue weighted by molar-refractivity contribution is -0.121. The molecule has 0 bridgehead atoms. The number of nitrogens with one attached hydrogen (secondary N) is 1. The van der Waals surface area contributed by atoms with E-state index in [9.17, 15) is 4.79 Å². The smallest absolute Gasteiger partial charge is 0.241 e. The van der Waals surface area contributed by atoms with E-state index >= 15 is 0 Å². The van der Waals surface area contributed by atoms with Crippen molar-refractivity contribution in [1.29, 1.82) is 0 Å². The van der Waals surface area contributed by atoms with Crippen molar-refractivity contribution in [1.82, 2.24) is 15.0 Å². The lowest BCUT2D eigenvalue weighted by atomic mass is 9.97. The first kappa shape index (κ1) is 20.1. The highest BCUT2D eigenvalue weighted by atomic mass is 79.9. The fraction of sp³-hybridized carbons (Fsp3) is 0.286. The molecule has 1 aliphatic heterocycles. The Morgan fingerprint density at radius 2 is 2.10 bits per heavy atom. The molecule has 0 aliphatic carbocycles. The second-order valence-electron chi connectivity index (χ2n) is 7.09. The molecule has 2 heterocycles. The van der Waals surface area contributed by atoms with E-state index in [0.29, 0.717) is 29.8 Å². The van der Waals surface area contributed by atoms with E-state index in [-0.39, 0.29) is 11.8 Å². The maximum atomic E-state index is 12.7. The summed E-state index contributed by atoms with van der Waals surface area (Å²) in [5, 5.41) is 7.69. The van der Waals surface area contributed by atoms with Gasteiger partial charge in [-0.05, 0) is 55.8 Å². The third kappa shape index (κ3) is 5.23. The Morgan fingerprint density at radius 1 is 1.28 bits per heavy atom. The van der Waals surface area contributed by atoms with Crippen molar-refractivity contribution in [2.45, 2.75) is 19.4 Å². The highest BCUT2D eigenvalue weighted by Gasteiger charge is 2.27. The molecule has 1 fully saturated rings. The third-order valence-electron chi connectivity index (χ3n) is 4.90. The molecular formula is C21H20BrClN4O2. The van der Waals surface area contributed by atoms with Crippen molar-refractivity contribution in [3.63, 3.8) is 0 Å². The first-order valence-corrected chi connectivity index (χ1v) is 10.6. The molecule has 0 spiro atoms. The number of rotatable bonds is 5. The number of benzene rings is 2. The first-order valence-electron chi connectivity index (χ1n) is 9.44. The number of likely N-dealkylation sites (tertiary alicyclic amines) is 1. The summed E-state index contributed by atoms with van der Waals surface area (Å²) >= 11 is 9.44. The van der Waals surface area contributed by atoms with Crippen LogP contribution in [0.2, 0.25) is 5.02 Å². The van der Waals surface area contributed by atoms with Crippen LogP contribution in [0.5, 0.6) is 0 Å². The van der Waals surface area contributed by atoms with Crippen LogP contribution in [0.4, 0.5) is 5.69 Å². The van der Waals surface area contributed by atoms with Gasteiger partial charge in [0.2, 0.25) is 17.6 Å². The normalized spacial score (nSPS) is 17.2. The summed E-state index contributed by atoms with van der Waals surface area (Å²) in [6.45, 7) is 2.09. The minimum atomic E-state index is -0.0669. The van der Waals surface area contributed by atoms with Gasteiger partial charge in [0.1, 0.15) is 0 Å². The minimum Gasteiger partial charge on any atom is -0.338 e. The topological polar surface area (TPSA) is 71.3 Å². The summed E-state index contributed by atoms with van der Waals surface area (Å²) in [7, 11) is 0. The molecule has 1 aliphatic rings. The summed E-state index contributed by atoms with van der Waals surface area (Å²) in [5.74, 6) is 1.03. The zero-order valence-corrected chi connectivity index (χ0v) is 18.0. The van der Waals surface area contributed by atoms with Crippen molar-refractivity contribution in [3.05, 3.63) is 63.9 Å². The average molecular weight is 476 g/mol. The highest BCUT2D eigenvalue weighted by molar-refractivity contribution is 9.10. The van der Waals surface area contributed by atoms with E-state index < -0.39 is 0 Å². The summed E-state index contributed by atoms with van der Waals surface area (Å²) in [6, 6.07) is 15.0. The Morgan fingerprint density at radius 3 is 2.90 bits per heavy atom. The number of piperidine rings is 1. The monoisotopic (exact) mass is 474 g/mol. The lowest BCUT2D eigenvalue weighted by Gasteiger charge is -2.30. The predicted octanol–water partition coefficient (Wildman–Crippen LogP) is 5.00. The Kier molecular flexibility index (Phi) is 6.28. The molecular weight excluding hydrogens is 456 g/mol. The van der Waals surface area contributed by atoms with Gasteiger partial charge in [-0.3, -0.25) is 9.69 Å². The zero-order valence-electron chi connectivity index (χ0n) is 15.6. The number of nitrogens with zero attached hydrogens (tertiary/aromatic N) is 3. The van der Waals surface area contributed by atoms with E-state index in [4.69, 9.17) is 16.1 Å². The Balaban J connectivity index is 1.36. The van der Waals surface area contributed by atoms with Crippen LogP contribution in [0.15, 0.2) is 57.5 Å². The molecule has 1 saturated heterocycles. The van der Waals surface area contributed by atoms with Gasteiger partial charge >= 0.3 is 0 Å². The summed E-state index contributed by atoms with van der Waals surface area (Å²) in [4.78, 5) is 19.3. The molecule has 1 amide bonds. The minimum absolute atomic E-state index is 0.0437. The number of carbonyl (C=O) groups is 1. The second kappa shape index (κ2) is 9.07. The van der Waals surface area contributed by atoms with Gasteiger partial charge in [0.05, 0.1) is 12.5 Å². The van der Waals surface area contributed by atoms with Gasteiger partial charge in [-0.25, -0.2) is 0 Å². The number of hydrogen-bond acceptors (Lipinski definition) is 5. The largest absolute Gasteiger partial charge is 0.338 e. The molecule has 8 heteroatoms. The molecule has 150 valence electrons. The van der Waals surface area contributed by atoms with Gasteiger partial charge < -0.3 is 9.84 Å². The van der Waals surface area contributed by atoms with E-state index in [1.807, 2.05) is 36.4 Å². The fourth-order valence-corrected chi connectivity index (χ4v) is 3.90. The van der Waals surface area contributed by atoms with Crippen molar-refractivity contribution >= 4 is 39.1 Å². The molecule has 29 heavy (non-hydrogen) atoms. The van der Waals surface area contributed by atoms with E-state index in [1.54, 1.807) is 12.1 Å². The number of hydrogen-bond donors (Lipinski definition) is 1. The van der Waals surface area contributed by atoms with Crippen molar-refractivity contribution in [2.24, 2.45) is 5.92 Å². The van der Waals surface area contributed by atoms with E-state index in [1.165, 1.54) is 0 Å². The highest BCUT2D eigenvalue weighted by Crippen LogP contribution is 2.23. The summed E-state index contributed by atoms with van der Waals surface area (Å²) in [5.41, 5.74) is 1.62. The zero-order chi connectivity index (χ0) is 20.2. The molecule has 1 unspecified atom stereocenters. The molecule has 6 nitrogen and oxygen atoms in total. The quantitative estimate of drug-likeness (QED) is 0.562. The SMILES string of the molecule is O=C(Nc1ccc(Br)cc1)C1CCCN(Cc2nc(-c3cccc(Cl)c3)no2)C1. The van der Waals surface area contributed by atoms with Crippen molar-refractivity contribution < 1.29 is 9.32 Å². The predicted molar refractivity (Wildman–Crippen MR) is 116 cm³/mol. The molecule has 1 aromatic heterocycles. The standard InChI is InChI=1S/C21H20BrClN4O2/c22-16-6-8-18(9-7-16)24-21(28)15-4-2-10-27(12-15)13-19-25-20(26-29-19)14-3-1-5-17(23)11-14/h1,3,5-9,11,15H,2,4,10,12-13H2,(H,24,28).